The summed E-state index contributed by atoms with van der Waals surface area (Å²) in [5, 5.41) is 1.80. The number of nitrogens with two attached hydrogens (primary N) is 1. The molecule has 2 nitrogen and oxygen atoms in total. The summed E-state index contributed by atoms with van der Waals surface area (Å²) in [5.41, 5.74) is 8.66. The third-order valence-electron chi connectivity index (χ3n) is 2.23. The molecule has 0 amide bonds. The lowest BCUT2D eigenvalue weighted by Crippen LogP contribution is -1.97. The fraction of sp³-hybridized carbons (Fsp3) is 0.182. The average Bonchev–Trinajstić information content (AvgIpc) is 2.16. The predicted molar refractivity (Wildman–Crippen MR) is 59.4 cm³/mol. The highest BCUT2D eigenvalue weighted by atomic mass is 35.5. The highest BCUT2D eigenvalue weighted by Crippen LogP contribution is 2.22. The molecular formula is C11H11ClN2. The van der Waals surface area contributed by atoms with Crippen molar-refractivity contribution >= 4 is 22.5 Å². The molecule has 0 spiro atoms. The Morgan fingerprint density at radius 3 is 2.86 bits per heavy atom. The average molecular weight is 207 g/mol. The van der Waals surface area contributed by atoms with E-state index in [9.17, 15) is 0 Å². The van der Waals surface area contributed by atoms with Gasteiger partial charge in [-0.15, -0.1) is 0 Å². The third kappa shape index (κ3) is 1.59. The number of rotatable bonds is 1. The van der Waals surface area contributed by atoms with Crippen molar-refractivity contribution in [1.29, 1.82) is 0 Å². The molecule has 0 fully saturated rings. The number of aromatic nitrogens is 1. The van der Waals surface area contributed by atoms with Gasteiger partial charge in [-0.05, 0) is 36.2 Å². The van der Waals surface area contributed by atoms with Crippen LogP contribution in [0.4, 0.5) is 0 Å². The van der Waals surface area contributed by atoms with Gasteiger partial charge in [-0.25, -0.2) is 0 Å². The molecule has 2 rings (SSSR count). The van der Waals surface area contributed by atoms with E-state index in [0.717, 1.165) is 27.1 Å². The number of aryl methyl sites for hydroxylation is 1. The summed E-state index contributed by atoms with van der Waals surface area (Å²) in [5.74, 6) is 0. The van der Waals surface area contributed by atoms with Crippen LogP contribution in [0.1, 0.15) is 11.1 Å². The zero-order valence-corrected chi connectivity index (χ0v) is 8.67. The van der Waals surface area contributed by atoms with Gasteiger partial charge in [0, 0.05) is 23.2 Å². The largest absolute Gasteiger partial charge is 0.326 e. The number of nitrogens with zero attached hydrogens (tertiary/aromatic N) is 1. The van der Waals surface area contributed by atoms with Gasteiger partial charge in [-0.1, -0.05) is 11.6 Å². The Balaban J connectivity index is 2.75. The van der Waals surface area contributed by atoms with Crippen LogP contribution < -0.4 is 5.73 Å². The molecule has 0 bridgehead atoms. The maximum Gasteiger partial charge on any atom is 0.0732 e. The summed E-state index contributed by atoms with van der Waals surface area (Å²) in [7, 11) is 0. The Morgan fingerprint density at radius 2 is 2.14 bits per heavy atom. The molecule has 0 aliphatic carbocycles. The smallest absolute Gasteiger partial charge is 0.0732 e. The number of halogens is 1. The van der Waals surface area contributed by atoms with Crippen LogP contribution >= 0.6 is 11.6 Å². The maximum absolute atomic E-state index is 5.96. The van der Waals surface area contributed by atoms with Crippen LogP contribution in [-0.2, 0) is 6.54 Å². The van der Waals surface area contributed by atoms with E-state index in [-0.39, 0.29) is 0 Å². The van der Waals surface area contributed by atoms with Gasteiger partial charge < -0.3 is 5.73 Å². The summed E-state index contributed by atoms with van der Waals surface area (Å²) < 4.78 is 0. The highest BCUT2D eigenvalue weighted by molar-refractivity contribution is 6.31. The van der Waals surface area contributed by atoms with Crippen LogP contribution in [0, 0.1) is 6.92 Å². The van der Waals surface area contributed by atoms with Crippen molar-refractivity contribution in [2.45, 2.75) is 13.5 Å². The molecule has 2 N–H and O–H groups in total. The SMILES string of the molecule is Cc1cc(Cl)cc2cc(CN)cnc12. The highest BCUT2D eigenvalue weighted by Gasteiger charge is 2.01. The monoisotopic (exact) mass is 206 g/mol. The minimum absolute atomic E-state index is 0.508. The molecule has 0 saturated heterocycles. The second-order valence-electron chi connectivity index (χ2n) is 3.34. The molecule has 72 valence electrons. The molecule has 2 aromatic rings. The van der Waals surface area contributed by atoms with Crippen molar-refractivity contribution in [3.63, 3.8) is 0 Å². The van der Waals surface area contributed by atoms with Crippen LogP contribution in [0.2, 0.25) is 5.02 Å². The number of hydrogen-bond acceptors (Lipinski definition) is 2. The quantitative estimate of drug-likeness (QED) is 0.779. The summed E-state index contributed by atoms with van der Waals surface area (Å²) in [6, 6.07) is 5.86. The molecule has 3 heteroatoms. The maximum atomic E-state index is 5.96. The number of hydrogen-bond donors (Lipinski definition) is 1. The first kappa shape index (κ1) is 9.44. The van der Waals surface area contributed by atoms with Crippen molar-refractivity contribution in [2.75, 3.05) is 0 Å². The van der Waals surface area contributed by atoms with E-state index in [1.165, 1.54) is 0 Å². The lowest BCUT2D eigenvalue weighted by molar-refractivity contribution is 1.06. The Morgan fingerprint density at radius 1 is 1.36 bits per heavy atom. The predicted octanol–water partition coefficient (Wildman–Crippen LogP) is 2.66. The van der Waals surface area contributed by atoms with Gasteiger partial charge in [0.25, 0.3) is 0 Å². The van der Waals surface area contributed by atoms with Crippen molar-refractivity contribution in [2.24, 2.45) is 5.73 Å². The van der Waals surface area contributed by atoms with Gasteiger partial charge in [0.2, 0.25) is 0 Å². The first-order chi connectivity index (χ1) is 6.70. The minimum atomic E-state index is 0.508. The van der Waals surface area contributed by atoms with Crippen molar-refractivity contribution in [3.05, 3.63) is 40.5 Å². The zero-order chi connectivity index (χ0) is 10.1. The lowest BCUT2D eigenvalue weighted by atomic mass is 10.1. The number of pyridine rings is 1. The Bertz CT molecular complexity index is 480. The summed E-state index contributed by atoms with van der Waals surface area (Å²) >= 11 is 5.96. The Kier molecular flexibility index (Phi) is 2.40. The van der Waals surface area contributed by atoms with Gasteiger partial charge in [-0.3, -0.25) is 4.98 Å². The van der Waals surface area contributed by atoms with Crippen LogP contribution in [0.5, 0.6) is 0 Å². The molecule has 1 aromatic heterocycles. The summed E-state index contributed by atoms with van der Waals surface area (Å²) in [4.78, 5) is 4.35. The second-order valence-corrected chi connectivity index (χ2v) is 3.78. The standard InChI is InChI=1S/C11H11ClN2/c1-7-2-10(12)4-9-3-8(5-13)6-14-11(7)9/h2-4,6H,5,13H2,1H3. The number of benzene rings is 1. The Labute approximate surface area is 87.7 Å². The third-order valence-corrected chi connectivity index (χ3v) is 2.45. The van der Waals surface area contributed by atoms with E-state index < -0.39 is 0 Å². The molecule has 1 heterocycles. The van der Waals surface area contributed by atoms with Crippen LogP contribution in [0.15, 0.2) is 24.4 Å². The molecule has 0 saturated carbocycles. The second kappa shape index (κ2) is 3.56. The summed E-state index contributed by atoms with van der Waals surface area (Å²) in [6.07, 6.45) is 1.81. The molecule has 0 aliphatic heterocycles. The molecule has 0 atom stereocenters. The van der Waals surface area contributed by atoms with Crippen LogP contribution in [0.25, 0.3) is 10.9 Å². The topological polar surface area (TPSA) is 38.9 Å². The molecule has 14 heavy (non-hydrogen) atoms. The van der Waals surface area contributed by atoms with E-state index in [2.05, 4.69) is 4.98 Å². The van der Waals surface area contributed by atoms with Gasteiger partial charge in [0.05, 0.1) is 5.52 Å². The molecular weight excluding hydrogens is 196 g/mol. The van der Waals surface area contributed by atoms with Crippen molar-refractivity contribution in [1.82, 2.24) is 4.98 Å². The minimum Gasteiger partial charge on any atom is -0.326 e. The van der Waals surface area contributed by atoms with Gasteiger partial charge in [0.15, 0.2) is 0 Å². The van der Waals surface area contributed by atoms with E-state index in [4.69, 9.17) is 17.3 Å². The molecule has 0 unspecified atom stereocenters. The molecule has 0 aliphatic rings. The fourth-order valence-corrected chi connectivity index (χ4v) is 1.83. The molecule has 1 aromatic carbocycles. The fourth-order valence-electron chi connectivity index (χ4n) is 1.54. The van der Waals surface area contributed by atoms with E-state index in [1.54, 1.807) is 0 Å². The first-order valence-corrected chi connectivity index (χ1v) is 4.83. The van der Waals surface area contributed by atoms with Gasteiger partial charge >= 0.3 is 0 Å². The van der Waals surface area contributed by atoms with E-state index in [1.807, 2.05) is 31.3 Å². The first-order valence-electron chi connectivity index (χ1n) is 4.45. The number of fused-ring (bicyclic) bond motifs is 1. The zero-order valence-electron chi connectivity index (χ0n) is 7.92. The molecule has 0 radical (unpaired) electrons. The van der Waals surface area contributed by atoms with Crippen molar-refractivity contribution < 1.29 is 0 Å². The Hall–Kier alpha value is -1.12. The van der Waals surface area contributed by atoms with Crippen LogP contribution in [0.3, 0.4) is 0 Å². The van der Waals surface area contributed by atoms with Gasteiger partial charge in [0.1, 0.15) is 0 Å². The lowest BCUT2D eigenvalue weighted by Gasteiger charge is -2.04. The van der Waals surface area contributed by atoms with Crippen LogP contribution in [-0.4, -0.2) is 4.98 Å². The van der Waals surface area contributed by atoms with E-state index >= 15 is 0 Å². The van der Waals surface area contributed by atoms with Gasteiger partial charge in [-0.2, -0.15) is 0 Å². The van der Waals surface area contributed by atoms with E-state index in [0.29, 0.717) is 6.54 Å². The normalized spacial score (nSPS) is 10.8. The summed E-state index contributed by atoms with van der Waals surface area (Å²) in [6.45, 7) is 2.51. The van der Waals surface area contributed by atoms with Crippen molar-refractivity contribution in [3.8, 4) is 0 Å².